The third-order valence-electron chi connectivity index (χ3n) is 3.52. The van der Waals surface area contributed by atoms with Gasteiger partial charge in [-0.2, -0.15) is 0 Å². The van der Waals surface area contributed by atoms with Gasteiger partial charge in [0.1, 0.15) is 15.9 Å². The Bertz CT molecular complexity index is 789. The van der Waals surface area contributed by atoms with Gasteiger partial charge in [0.2, 0.25) is 0 Å². The van der Waals surface area contributed by atoms with Gasteiger partial charge in [-0.05, 0) is 30.9 Å². The second-order valence-corrected chi connectivity index (χ2v) is 9.21. The number of rotatable bonds is 8. The number of aliphatic hydroxyl groups excluding tert-OH is 1. The molecule has 26 heavy (non-hydrogen) atoms. The molecule has 1 atom stereocenters. The lowest BCUT2D eigenvalue weighted by atomic mass is 10.2. The van der Waals surface area contributed by atoms with Crippen molar-refractivity contribution in [2.75, 3.05) is 31.6 Å². The standard InChI is InChI=1S/C17H25N3O3S2.HI/c1-3-18-17(19-9-6-10-25(2,22)23)20-12-14(21)16-11-13-7-4-5-8-15(13)24-16;/h4-5,7-8,11,14,21H,3,6,9-10,12H2,1-2H3,(H2,18,19,20);1H. The van der Waals surface area contributed by atoms with Crippen molar-refractivity contribution in [2.24, 2.45) is 4.99 Å². The minimum atomic E-state index is -2.95. The molecule has 3 N–H and O–H groups in total. The number of hydrogen-bond acceptors (Lipinski definition) is 5. The minimum Gasteiger partial charge on any atom is -0.386 e. The van der Waals surface area contributed by atoms with Crippen molar-refractivity contribution in [1.29, 1.82) is 0 Å². The summed E-state index contributed by atoms with van der Waals surface area (Å²) in [6.45, 7) is 3.40. The zero-order chi connectivity index (χ0) is 18.3. The van der Waals surface area contributed by atoms with Gasteiger partial charge in [-0.25, -0.2) is 8.42 Å². The van der Waals surface area contributed by atoms with E-state index in [1.165, 1.54) is 6.26 Å². The fraction of sp³-hybridized carbons (Fsp3) is 0.471. The van der Waals surface area contributed by atoms with Gasteiger partial charge in [-0.15, -0.1) is 35.3 Å². The molecule has 1 unspecified atom stereocenters. The normalized spacial score (nSPS) is 13.3. The second-order valence-electron chi connectivity index (χ2n) is 5.83. The molecule has 0 radical (unpaired) electrons. The van der Waals surface area contributed by atoms with Crippen LogP contribution in [0.15, 0.2) is 35.3 Å². The fourth-order valence-corrected chi connectivity index (χ4v) is 4.03. The summed E-state index contributed by atoms with van der Waals surface area (Å²) in [4.78, 5) is 5.28. The summed E-state index contributed by atoms with van der Waals surface area (Å²) in [5.41, 5.74) is 0. The maximum Gasteiger partial charge on any atom is 0.191 e. The molecule has 0 aliphatic heterocycles. The van der Waals surface area contributed by atoms with Crippen LogP contribution in [0.5, 0.6) is 0 Å². The molecule has 146 valence electrons. The Morgan fingerprint density at radius 2 is 2.04 bits per heavy atom. The summed E-state index contributed by atoms with van der Waals surface area (Å²) >= 11 is 1.57. The van der Waals surface area contributed by atoms with E-state index in [0.29, 0.717) is 25.5 Å². The molecule has 2 aromatic rings. The predicted octanol–water partition coefficient (Wildman–Crippen LogP) is 2.54. The zero-order valence-corrected chi connectivity index (χ0v) is 18.9. The quantitative estimate of drug-likeness (QED) is 0.219. The molecule has 0 spiro atoms. The molecule has 1 aromatic heterocycles. The van der Waals surface area contributed by atoms with Crippen LogP contribution < -0.4 is 10.6 Å². The van der Waals surface area contributed by atoms with Crippen molar-refractivity contribution in [3.05, 3.63) is 35.2 Å². The van der Waals surface area contributed by atoms with Gasteiger partial charge in [0, 0.05) is 28.9 Å². The van der Waals surface area contributed by atoms with Gasteiger partial charge in [-0.1, -0.05) is 18.2 Å². The summed E-state index contributed by atoms with van der Waals surface area (Å²) in [5, 5.41) is 17.7. The van der Waals surface area contributed by atoms with Crippen molar-refractivity contribution >= 4 is 61.2 Å². The Morgan fingerprint density at radius 1 is 1.31 bits per heavy atom. The number of thiophene rings is 1. The van der Waals surface area contributed by atoms with Gasteiger partial charge in [0.15, 0.2) is 5.96 Å². The number of fused-ring (bicyclic) bond motifs is 1. The van der Waals surface area contributed by atoms with Crippen LogP contribution in [0.1, 0.15) is 24.3 Å². The Hall–Kier alpha value is -0.910. The third kappa shape index (κ3) is 7.77. The maximum absolute atomic E-state index is 11.1. The lowest BCUT2D eigenvalue weighted by molar-refractivity contribution is 0.191. The van der Waals surface area contributed by atoms with Gasteiger partial charge in [0.05, 0.1) is 12.3 Å². The lowest BCUT2D eigenvalue weighted by Crippen LogP contribution is -2.38. The van der Waals surface area contributed by atoms with Crippen LogP contribution in [-0.2, 0) is 9.84 Å². The molecule has 0 aliphatic rings. The van der Waals surface area contributed by atoms with Crippen LogP contribution in [-0.4, -0.2) is 51.1 Å². The number of aliphatic imine (C=N–C) groups is 1. The first-order valence-electron chi connectivity index (χ1n) is 8.25. The van der Waals surface area contributed by atoms with Gasteiger partial charge in [0.25, 0.3) is 0 Å². The van der Waals surface area contributed by atoms with E-state index in [0.717, 1.165) is 15.0 Å². The Kier molecular flexibility index (Phi) is 9.83. The average molecular weight is 511 g/mol. The average Bonchev–Trinajstić information content (AvgIpc) is 2.99. The van der Waals surface area contributed by atoms with E-state index in [4.69, 9.17) is 0 Å². The third-order valence-corrected chi connectivity index (χ3v) is 5.77. The van der Waals surface area contributed by atoms with Crippen molar-refractivity contribution in [3.63, 3.8) is 0 Å². The van der Waals surface area contributed by atoms with Gasteiger partial charge < -0.3 is 15.7 Å². The molecule has 1 heterocycles. The van der Waals surface area contributed by atoms with Gasteiger partial charge in [-0.3, -0.25) is 4.99 Å². The van der Waals surface area contributed by atoms with E-state index in [1.54, 1.807) is 11.3 Å². The number of aliphatic hydroxyl groups is 1. The highest BCUT2D eigenvalue weighted by atomic mass is 127. The van der Waals surface area contributed by atoms with E-state index < -0.39 is 15.9 Å². The first-order chi connectivity index (χ1) is 11.9. The summed E-state index contributed by atoms with van der Waals surface area (Å²) in [5.74, 6) is 0.722. The zero-order valence-electron chi connectivity index (χ0n) is 14.9. The smallest absolute Gasteiger partial charge is 0.191 e. The van der Waals surface area contributed by atoms with E-state index in [9.17, 15) is 13.5 Å². The monoisotopic (exact) mass is 511 g/mol. The minimum absolute atomic E-state index is 0. The second kappa shape index (κ2) is 11.1. The van der Waals surface area contributed by atoms with Crippen molar-refractivity contribution in [2.45, 2.75) is 19.4 Å². The highest BCUT2D eigenvalue weighted by Crippen LogP contribution is 2.29. The molecule has 6 nitrogen and oxygen atoms in total. The van der Waals surface area contributed by atoms with Crippen LogP contribution in [0, 0.1) is 0 Å². The Balaban J connectivity index is 0.00000338. The first kappa shape index (κ1) is 23.1. The molecule has 1 aromatic carbocycles. The van der Waals surface area contributed by atoms with E-state index in [-0.39, 0.29) is 36.3 Å². The Morgan fingerprint density at radius 3 is 2.69 bits per heavy atom. The topological polar surface area (TPSA) is 90.8 Å². The number of nitrogens with zero attached hydrogens (tertiary/aromatic N) is 1. The van der Waals surface area contributed by atoms with Crippen molar-refractivity contribution < 1.29 is 13.5 Å². The summed E-state index contributed by atoms with van der Waals surface area (Å²) in [6, 6.07) is 10.0. The van der Waals surface area contributed by atoms with Crippen LogP contribution in [0.25, 0.3) is 10.1 Å². The number of guanidine groups is 1. The van der Waals surface area contributed by atoms with Crippen molar-refractivity contribution in [3.8, 4) is 0 Å². The molecular weight excluding hydrogens is 485 g/mol. The van der Waals surface area contributed by atoms with Crippen LogP contribution in [0.2, 0.25) is 0 Å². The Labute approximate surface area is 176 Å². The summed E-state index contributed by atoms with van der Waals surface area (Å²) < 4.78 is 23.4. The number of nitrogens with one attached hydrogen (secondary N) is 2. The molecule has 0 saturated heterocycles. The van der Waals surface area contributed by atoms with E-state index in [1.807, 2.05) is 37.3 Å². The number of halogens is 1. The predicted molar refractivity (Wildman–Crippen MR) is 121 cm³/mol. The molecule has 2 rings (SSSR count). The van der Waals surface area contributed by atoms with Crippen LogP contribution in [0.4, 0.5) is 0 Å². The fourth-order valence-electron chi connectivity index (χ4n) is 2.32. The lowest BCUT2D eigenvalue weighted by Gasteiger charge is -2.12. The molecule has 9 heteroatoms. The maximum atomic E-state index is 11.1. The van der Waals surface area contributed by atoms with Crippen LogP contribution in [0.3, 0.4) is 0 Å². The van der Waals surface area contributed by atoms with E-state index in [2.05, 4.69) is 15.6 Å². The molecule has 0 aliphatic carbocycles. The van der Waals surface area contributed by atoms with E-state index >= 15 is 0 Å². The highest BCUT2D eigenvalue weighted by Gasteiger charge is 2.11. The molecule has 0 fully saturated rings. The summed E-state index contributed by atoms with van der Waals surface area (Å²) in [6.07, 6.45) is 1.08. The molecule has 0 bridgehead atoms. The summed E-state index contributed by atoms with van der Waals surface area (Å²) in [7, 11) is -2.95. The number of benzene rings is 1. The van der Waals surface area contributed by atoms with Crippen molar-refractivity contribution in [1.82, 2.24) is 10.6 Å². The molecule has 0 saturated carbocycles. The molecular formula is C17H26IN3O3S2. The molecule has 0 amide bonds. The SMILES string of the molecule is CCNC(=NCC(O)c1cc2ccccc2s1)NCCCS(C)(=O)=O.I. The first-order valence-corrected chi connectivity index (χ1v) is 11.1. The number of sulfone groups is 1. The van der Waals surface area contributed by atoms with Crippen LogP contribution >= 0.6 is 35.3 Å². The van der Waals surface area contributed by atoms with Gasteiger partial charge >= 0.3 is 0 Å². The highest BCUT2D eigenvalue weighted by molar-refractivity contribution is 14.0. The largest absolute Gasteiger partial charge is 0.386 e. The number of hydrogen-bond donors (Lipinski definition) is 3.